The maximum atomic E-state index is 9.27. The number of aliphatic hydroxyl groups excluding tert-OH is 1. The van der Waals surface area contributed by atoms with Crippen molar-refractivity contribution in [3.8, 4) is 0 Å². The van der Waals surface area contributed by atoms with Gasteiger partial charge in [0.25, 0.3) is 6.47 Å². The molecule has 1 saturated heterocycles. The quantitative estimate of drug-likeness (QED) is 0.692. The van der Waals surface area contributed by atoms with Crippen molar-refractivity contribution >= 4 is 28.8 Å². The second-order valence-corrected chi connectivity index (χ2v) is 6.46. The fraction of sp³-hybridized carbons (Fsp3) is 0.500. The predicted octanol–water partition coefficient (Wildman–Crippen LogP) is 2.21. The van der Waals surface area contributed by atoms with Gasteiger partial charge in [-0.05, 0) is 26.3 Å². The number of rotatable bonds is 5. The van der Waals surface area contributed by atoms with Gasteiger partial charge in [-0.1, -0.05) is 6.42 Å². The van der Waals surface area contributed by atoms with Gasteiger partial charge in [0.1, 0.15) is 11.6 Å². The van der Waals surface area contributed by atoms with Crippen LogP contribution in [-0.4, -0.2) is 56.2 Å². The molecule has 1 fully saturated rings. The van der Waals surface area contributed by atoms with Crippen molar-refractivity contribution in [2.45, 2.75) is 32.2 Å². The Kier molecular flexibility index (Phi) is 7.71. The number of aliphatic hydroxyl groups is 1. The average Bonchev–Trinajstić information content (AvgIpc) is 3.09. The molecule has 0 amide bonds. The second kappa shape index (κ2) is 10.0. The Morgan fingerprint density at radius 2 is 2.24 bits per heavy atom. The fourth-order valence-electron chi connectivity index (χ4n) is 2.94. The first-order chi connectivity index (χ1) is 12.2. The van der Waals surface area contributed by atoms with Crippen molar-refractivity contribution in [2.24, 2.45) is 0 Å². The zero-order valence-corrected chi connectivity index (χ0v) is 14.9. The average molecular weight is 365 g/mol. The summed E-state index contributed by atoms with van der Waals surface area (Å²) >= 11 is 1.55. The molecule has 2 aromatic heterocycles. The maximum Gasteiger partial charge on any atom is 0.290 e. The lowest BCUT2D eigenvalue weighted by molar-refractivity contribution is -0.122. The van der Waals surface area contributed by atoms with Crippen LogP contribution in [0.2, 0.25) is 0 Å². The third-order valence-corrected chi connectivity index (χ3v) is 4.56. The molecule has 0 spiro atoms. The van der Waals surface area contributed by atoms with E-state index in [0.29, 0.717) is 6.54 Å². The molecule has 3 heterocycles. The molecule has 8 nitrogen and oxygen atoms in total. The van der Waals surface area contributed by atoms with Crippen LogP contribution in [0.3, 0.4) is 0 Å². The third kappa shape index (κ3) is 5.73. The number of thiazole rings is 1. The number of carbonyl (C=O) groups is 1. The largest absolute Gasteiger partial charge is 0.483 e. The minimum absolute atomic E-state index is 0.185. The number of aryl methyl sites for hydroxylation is 1. The third-order valence-electron chi connectivity index (χ3n) is 3.87. The maximum absolute atomic E-state index is 9.27. The SMILES string of the molecule is Cc1nc(Nc2nccs2)cc(C2CCCCN2CCO)n1.O=CO. The lowest BCUT2D eigenvalue weighted by Crippen LogP contribution is -2.36. The Morgan fingerprint density at radius 1 is 1.44 bits per heavy atom. The first kappa shape index (κ1) is 19.2. The van der Waals surface area contributed by atoms with Crippen LogP contribution < -0.4 is 5.32 Å². The highest BCUT2D eigenvalue weighted by Gasteiger charge is 2.25. The van der Waals surface area contributed by atoms with Gasteiger partial charge >= 0.3 is 0 Å². The van der Waals surface area contributed by atoms with Crippen LogP contribution in [0.15, 0.2) is 17.6 Å². The topological polar surface area (TPSA) is 111 Å². The summed E-state index contributed by atoms with van der Waals surface area (Å²) < 4.78 is 0. The number of aromatic nitrogens is 3. The Morgan fingerprint density at radius 3 is 2.92 bits per heavy atom. The molecule has 0 saturated carbocycles. The Balaban J connectivity index is 0.000000701. The van der Waals surface area contributed by atoms with Crippen molar-refractivity contribution in [1.29, 1.82) is 0 Å². The molecule has 1 aliphatic heterocycles. The number of nitrogens with one attached hydrogen (secondary N) is 1. The zero-order chi connectivity index (χ0) is 18.1. The van der Waals surface area contributed by atoms with Gasteiger partial charge in [0, 0.05) is 24.2 Å². The molecule has 0 bridgehead atoms. The van der Waals surface area contributed by atoms with Crippen molar-refractivity contribution in [2.75, 3.05) is 25.0 Å². The van der Waals surface area contributed by atoms with Crippen LogP contribution in [0.4, 0.5) is 10.9 Å². The highest BCUT2D eigenvalue weighted by atomic mass is 32.1. The van der Waals surface area contributed by atoms with Crippen molar-refractivity contribution < 1.29 is 15.0 Å². The number of piperidine rings is 1. The number of nitrogens with zero attached hydrogens (tertiary/aromatic N) is 4. The summed E-state index contributed by atoms with van der Waals surface area (Å²) in [4.78, 5) is 24.0. The molecule has 1 atom stereocenters. The summed E-state index contributed by atoms with van der Waals surface area (Å²) in [5.74, 6) is 1.54. The van der Waals surface area contributed by atoms with E-state index < -0.39 is 0 Å². The number of likely N-dealkylation sites (tertiary alicyclic amines) is 1. The smallest absolute Gasteiger partial charge is 0.290 e. The Bertz CT molecular complexity index is 651. The predicted molar refractivity (Wildman–Crippen MR) is 96.1 cm³/mol. The lowest BCUT2D eigenvalue weighted by atomic mass is 9.99. The molecule has 3 rings (SSSR count). The monoisotopic (exact) mass is 365 g/mol. The van der Waals surface area contributed by atoms with E-state index in [1.165, 1.54) is 12.8 Å². The number of anilines is 2. The summed E-state index contributed by atoms with van der Waals surface area (Å²) in [6, 6.07) is 2.27. The molecule has 0 radical (unpaired) electrons. The number of β-amino-alcohol motifs (C(OH)–C–C–N with tert-alkyl or cyclic N) is 1. The van der Waals surface area contributed by atoms with Crippen LogP contribution in [0.25, 0.3) is 0 Å². The minimum atomic E-state index is -0.250. The van der Waals surface area contributed by atoms with E-state index in [1.54, 1.807) is 17.5 Å². The summed E-state index contributed by atoms with van der Waals surface area (Å²) in [6.45, 7) is 3.56. The highest BCUT2D eigenvalue weighted by Crippen LogP contribution is 2.31. The summed E-state index contributed by atoms with van der Waals surface area (Å²) in [6.07, 6.45) is 5.23. The Hall–Kier alpha value is -2.10. The molecular weight excluding hydrogens is 342 g/mol. The second-order valence-electron chi connectivity index (χ2n) is 5.56. The molecule has 2 aromatic rings. The van der Waals surface area contributed by atoms with Crippen LogP contribution in [0.1, 0.15) is 36.8 Å². The fourth-order valence-corrected chi connectivity index (χ4v) is 3.48. The van der Waals surface area contributed by atoms with E-state index in [-0.39, 0.29) is 19.1 Å². The van der Waals surface area contributed by atoms with E-state index in [4.69, 9.17) is 9.90 Å². The summed E-state index contributed by atoms with van der Waals surface area (Å²) in [5, 5.41) is 22.2. The summed E-state index contributed by atoms with van der Waals surface area (Å²) in [5.41, 5.74) is 1.03. The molecule has 25 heavy (non-hydrogen) atoms. The standard InChI is InChI=1S/C15H21N5OS.CH2O2/c1-11-17-12(13-4-2-3-6-20(13)7-8-21)10-14(18-11)19-15-16-5-9-22-15;2-1-3/h5,9-10,13,21H,2-4,6-8H2,1H3,(H,16,17,18,19);1H,(H,2,3). The van der Waals surface area contributed by atoms with Gasteiger partial charge in [0.15, 0.2) is 5.13 Å². The number of hydrogen-bond acceptors (Lipinski definition) is 8. The molecule has 136 valence electrons. The van der Waals surface area contributed by atoms with E-state index in [0.717, 1.165) is 35.4 Å². The van der Waals surface area contributed by atoms with Crippen LogP contribution in [0, 0.1) is 6.92 Å². The number of carboxylic acid groups (broad SMARTS) is 1. The van der Waals surface area contributed by atoms with Gasteiger partial charge < -0.3 is 15.5 Å². The first-order valence-electron chi connectivity index (χ1n) is 8.12. The van der Waals surface area contributed by atoms with E-state index >= 15 is 0 Å². The highest BCUT2D eigenvalue weighted by molar-refractivity contribution is 7.13. The lowest BCUT2D eigenvalue weighted by Gasteiger charge is -2.35. The van der Waals surface area contributed by atoms with Crippen LogP contribution in [0.5, 0.6) is 0 Å². The van der Waals surface area contributed by atoms with Gasteiger partial charge in [0.05, 0.1) is 18.3 Å². The van der Waals surface area contributed by atoms with E-state index in [2.05, 4.69) is 25.2 Å². The van der Waals surface area contributed by atoms with Crippen LogP contribution >= 0.6 is 11.3 Å². The minimum Gasteiger partial charge on any atom is -0.483 e. The van der Waals surface area contributed by atoms with Crippen molar-refractivity contribution in [3.05, 3.63) is 29.2 Å². The molecule has 3 N–H and O–H groups in total. The molecule has 1 unspecified atom stereocenters. The summed E-state index contributed by atoms with van der Waals surface area (Å²) in [7, 11) is 0. The van der Waals surface area contributed by atoms with Crippen LogP contribution in [-0.2, 0) is 4.79 Å². The van der Waals surface area contributed by atoms with Gasteiger partial charge in [-0.25, -0.2) is 15.0 Å². The van der Waals surface area contributed by atoms with Crippen molar-refractivity contribution in [1.82, 2.24) is 19.9 Å². The molecular formula is C16H23N5O3S. The number of hydrogen-bond donors (Lipinski definition) is 3. The van der Waals surface area contributed by atoms with Gasteiger partial charge in [-0.2, -0.15) is 0 Å². The first-order valence-corrected chi connectivity index (χ1v) is 9.00. The van der Waals surface area contributed by atoms with E-state index in [9.17, 15) is 5.11 Å². The molecule has 9 heteroatoms. The van der Waals surface area contributed by atoms with E-state index in [1.807, 2.05) is 18.4 Å². The Labute approximate surface area is 150 Å². The van der Waals surface area contributed by atoms with Gasteiger partial charge in [-0.15, -0.1) is 11.3 Å². The molecule has 1 aliphatic rings. The van der Waals surface area contributed by atoms with Gasteiger partial charge in [-0.3, -0.25) is 9.69 Å². The zero-order valence-electron chi connectivity index (χ0n) is 14.1. The van der Waals surface area contributed by atoms with Gasteiger partial charge in [0.2, 0.25) is 0 Å². The van der Waals surface area contributed by atoms with Crippen molar-refractivity contribution in [3.63, 3.8) is 0 Å². The molecule has 0 aromatic carbocycles. The normalized spacial score (nSPS) is 17.4. The molecule has 0 aliphatic carbocycles.